The monoisotopic (exact) mass is 423 g/mol. The van der Waals surface area contributed by atoms with Crippen LogP contribution in [0, 0.1) is 0 Å². The number of aryl methyl sites for hydroxylation is 1. The standard InChI is InChI=1S/C18H13BrF3N3O/c1-25-16(23-17(26)12-5-3-2-4-6-12)14(15(24-25)18(20,21)22)11-7-9-13(19)10-8-11/h2-10H,1H3,(H,23,26). The maximum Gasteiger partial charge on any atom is 0.435 e. The first-order valence-electron chi connectivity index (χ1n) is 7.54. The molecule has 0 saturated heterocycles. The number of hydrogen-bond donors (Lipinski definition) is 1. The smallest absolute Gasteiger partial charge is 0.306 e. The second kappa shape index (κ2) is 6.95. The molecule has 0 aliphatic rings. The molecule has 0 spiro atoms. The summed E-state index contributed by atoms with van der Waals surface area (Å²) in [4.78, 5) is 12.4. The number of aromatic nitrogens is 2. The SMILES string of the molecule is Cn1nc(C(F)(F)F)c(-c2ccc(Br)cc2)c1NC(=O)c1ccccc1. The van der Waals surface area contributed by atoms with Gasteiger partial charge in [-0.25, -0.2) is 0 Å². The van der Waals surface area contributed by atoms with Crippen molar-refractivity contribution in [2.75, 3.05) is 5.32 Å². The van der Waals surface area contributed by atoms with Crippen LogP contribution in [-0.2, 0) is 13.2 Å². The summed E-state index contributed by atoms with van der Waals surface area (Å²) in [6.45, 7) is 0. The molecule has 134 valence electrons. The lowest BCUT2D eigenvalue weighted by atomic mass is 10.0. The second-order valence-corrected chi connectivity index (χ2v) is 6.44. The van der Waals surface area contributed by atoms with Crippen LogP contribution in [-0.4, -0.2) is 15.7 Å². The Hall–Kier alpha value is -2.61. The minimum Gasteiger partial charge on any atom is -0.306 e. The molecule has 0 saturated carbocycles. The number of benzene rings is 2. The number of hydrogen-bond acceptors (Lipinski definition) is 2. The van der Waals surface area contributed by atoms with Crippen LogP contribution >= 0.6 is 15.9 Å². The van der Waals surface area contributed by atoms with Crippen LogP contribution < -0.4 is 5.32 Å². The molecule has 0 bridgehead atoms. The summed E-state index contributed by atoms with van der Waals surface area (Å²) in [6, 6.07) is 14.6. The number of nitrogens with one attached hydrogen (secondary N) is 1. The zero-order valence-corrected chi connectivity index (χ0v) is 15.1. The van der Waals surface area contributed by atoms with E-state index in [1.807, 2.05) is 0 Å². The van der Waals surface area contributed by atoms with Gasteiger partial charge in [-0.3, -0.25) is 9.48 Å². The molecule has 1 N–H and O–H groups in total. The third-order valence-electron chi connectivity index (χ3n) is 3.72. The van der Waals surface area contributed by atoms with E-state index in [4.69, 9.17) is 0 Å². The molecule has 4 nitrogen and oxygen atoms in total. The molecule has 26 heavy (non-hydrogen) atoms. The predicted molar refractivity (Wildman–Crippen MR) is 95.7 cm³/mol. The highest BCUT2D eigenvalue weighted by atomic mass is 79.9. The molecule has 0 radical (unpaired) electrons. The lowest BCUT2D eigenvalue weighted by Gasteiger charge is -2.11. The van der Waals surface area contributed by atoms with E-state index < -0.39 is 17.8 Å². The molecule has 0 atom stereocenters. The van der Waals surface area contributed by atoms with Gasteiger partial charge >= 0.3 is 6.18 Å². The van der Waals surface area contributed by atoms with Crippen molar-refractivity contribution in [1.29, 1.82) is 0 Å². The Balaban J connectivity index is 2.11. The lowest BCUT2D eigenvalue weighted by molar-refractivity contribution is -0.140. The number of rotatable bonds is 3. The van der Waals surface area contributed by atoms with Gasteiger partial charge in [0, 0.05) is 17.1 Å². The fourth-order valence-corrected chi connectivity index (χ4v) is 2.79. The quantitative estimate of drug-likeness (QED) is 0.635. The van der Waals surface area contributed by atoms with Crippen LogP contribution in [0.25, 0.3) is 11.1 Å². The summed E-state index contributed by atoms with van der Waals surface area (Å²) in [5.74, 6) is -0.533. The maximum atomic E-state index is 13.5. The van der Waals surface area contributed by atoms with Gasteiger partial charge in [0.25, 0.3) is 5.91 Å². The number of halogens is 4. The summed E-state index contributed by atoms with van der Waals surface area (Å²) >= 11 is 3.26. The van der Waals surface area contributed by atoms with Crippen molar-refractivity contribution in [3.63, 3.8) is 0 Å². The van der Waals surface area contributed by atoms with Crippen molar-refractivity contribution in [1.82, 2.24) is 9.78 Å². The molecule has 3 aromatic rings. The minimum atomic E-state index is -4.66. The zero-order valence-electron chi connectivity index (χ0n) is 13.5. The molecule has 0 unspecified atom stereocenters. The average Bonchev–Trinajstić information content (AvgIpc) is 2.93. The summed E-state index contributed by atoms with van der Waals surface area (Å²) in [7, 11) is 1.36. The van der Waals surface area contributed by atoms with Crippen molar-refractivity contribution >= 4 is 27.7 Å². The Labute approximate surface area is 155 Å². The van der Waals surface area contributed by atoms with E-state index in [1.54, 1.807) is 42.5 Å². The fraction of sp³-hybridized carbons (Fsp3) is 0.111. The van der Waals surface area contributed by atoms with Gasteiger partial charge < -0.3 is 5.32 Å². The van der Waals surface area contributed by atoms with Crippen LogP contribution in [0.5, 0.6) is 0 Å². The van der Waals surface area contributed by atoms with Gasteiger partial charge in [-0.1, -0.05) is 46.3 Å². The number of anilines is 1. The van der Waals surface area contributed by atoms with Gasteiger partial charge in [-0.2, -0.15) is 18.3 Å². The summed E-state index contributed by atoms with van der Waals surface area (Å²) in [5, 5.41) is 6.14. The van der Waals surface area contributed by atoms with E-state index in [9.17, 15) is 18.0 Å². The van der Waals surface area contributed by atoms with Crippen LogP contribution in [0.1, 0.15) is 16.1 Å². The van der Waals surface area contributed by atoms with Crippen molar-refractivity contribution in [3.05, 3.63) is 70.3 Å². The molecule has 3 rings (SSSR count). The Morgan fingerprint density at radius 2 is 1.69 bits per heavy atom. The number of carbonyl (C=O) groups is 1. The topological polar surface area (TPSA) is 46.9 Å². The largest absolute Gasteiger partial charge is 0.435 e. The first kappa shape index (κ1) is 18.2. The highest BCUT2D eigenvalue weighted by Crippen LogP contribution is 2.41. The number of alkyl halides is 3. The minimum absolute atomic E-state index is 0.0199. The van der Waals surface area contributed by atoms with E-state index in [0.29, 0.717) is 11.1 Å². The molecular formula is C18H13BrF3N3O. The first-order valence-corrected chi connectivity index (χ1v) is 8.33. The summed E-state index contributed by atoms with van der Waals surface area (Å²) in [5.41, 5.74) is -0.580. The highest BCUT2D eigenvalue weighted by Gasteiger charge is 2.39. The van der Waals surface area contributed by atoms with E-state index in [-0.39, 0.29) is 11.4 Å². The van der Waals surface area contributed by atoms with E-state index in [1.165, 1.54) is 19.2 Å². The Kier molecular flexibility index (Phi) is 4.86. The third-order valence-corrected chi connectivity index (χ3v) is 4.25. The molecule has 1 amide bonds. The van der Waals surface area contributed by atoms with Gasteiger partial charge in [-0.15, -0.1) is 0 Å². The molecule has 2 aromatic carbocycles. The van der Waals surface area contributed by atoms with Gasteiger partial charge in [0.2, 0.25) is 0 Å². The molecule has 0 aliphatic carbocycles. The lowest BCUT2D eigenvalue weighted by Crippen LogP contribution is -2.15. The summed E-state index contributed by atoms with van der Waals surface area (Å²) < 4.78 is 42.2. The van der Waals surface area contributed by atoms with Gasteiger partial charge in [0.1, 0.15) is 5.82 Å². The second-order valence-electron chi connectivity index (χ2n) is 5.52. The van der Waals surface area contributed by atoms with Crippen LogP contribution in [0.15, 0.2) is 59.1 Å². The Morgan fingerprint density at radius 1 is 1.08 bits per heavy atom. The van der Waals surface area contributed by atoms with Gasteiger partial charge in [0.05, 0.1) is 5.56 Å². The maximum absolute atomic E-state index is 13.5. The fourth-order valence-electron chi connectivity index (χ4n) is 2.53. The number of amides is 1. The highest BCUT2D eigenvalue weighted by molar-refractivity contribution is 9.10. The van der Waals surface area contributed by atoms with E-state index >= 15 is 0 Å². The molecule has 0 aliphatic heterocycles. The Bertz CT molecular complexity index is 935. The summed E-state index contributed by atoms with van der Waals surface area (Å²) in [6.07, 6.45) is -4.66. The van der Waals surface area contributed by atoms with Crippen molar-refractivity contribution in [2.24, 2.45) is 7.05 Å². The van der Waals surface area contributed by atoms with Crippen molar-refractivity contribution < 1.29 is 18.0 Å². The molecule has 1 heterocycles. The third kappa shape index (κ3) is 3.65. The van der Waals surface area contributed by atoms with Gasteiger partial charge in [0.15, 0.2) is 5.69 Å². The van der Waals surface area contributed by atoms with Crippen molar-refractivity contribution in [3.8, 4) is 11.1 Å². The Morgan fingerprint density at radius 3 is 2.27 bits per heavy atom. The normalized spacial score (nSPS) is 11.4. The van der Waals surface area contributed by atoms with Crippen LogP contribution in [0.4, 0.5) is 19.0 Å². The molecule has 8 heteroatoms. The number of nitrogens with zero attached hydrogens (tertiary/aromatic N) is 2. The van der Waals surface area contributed by atoms with Crippen LogP contribution in [0.3, 0.4) is 0 Å². The first-order chi connectivity index (χ1) is 12.3. The molecule has 1 aromatic heterocycles. The van der Waals surface area contributed by atoms with Crippen LogP contribution in [0.2, 0.25) is 0 Å². The average molecular weight is 424 g/mol. The van der Waals surface area contributed by atoms with Gasteiger partial charge in [-0.05, 0) is 29.8 Å². The van der Waals surface area contributed by atoms with Crippen molar-refractivity contribution in [2.45, 2.75) is 6.18 Å². The zero-order chi connectivity index (χ0) is 18.9. The van der Waals surface area contributed by atoms with E-state index in [0.717, 1.165) is 9.15 Å². The molecule has 0 fully saturated rings. The molecular weight excluding hydrogens is 411 g/mol. The predicted octanol–water partition coefficient (Wildman–Crippen LogP) is 5.12. The van der Waals surface area contributed by atoms with E-state index in [2.05, 4.69) is 26.3 Å². The number of carbonyl (C=O) groups excluding carboxylic acids is 1.